The molecule has 2 rings (SSSR count). The molecule has 0 saturated heterocycles. The summed E-state index contributed by atoms with van der Waals surface area (Å²) >= 11 is 9.19. The number of benzene rings is 2. The zero-order valence-electron chi connectivity index (χ0n) is 11.7. The maximum atomic E-state index is 11.9. The summed E-state index contributed by atoms with van der Waals surface area (Å²) in [4.78, 5) is 11.9. The number of hydrogen-bond acceptors (Lipinski definition) is 2. The fraction of sp³-hybridized carbons (Fsp3) is 0.188. The molecule has 0 aliphatic heterocycles. The summed E-state index contributed by atoms with van der Waals surface area (Å²) < 4.78 is 6.19. The molecule has 5 heteroatoms. The van der Waals surface area contributed by atoms with Crippen molar-refractivity contribution in [3.8, 4) is 5.75 Å². The van der Waals surface area contributed by atoms with Gasteiger partial charge in [-0.25, -0.2) is 0 Å². The topological polar surface area (TPSA) is 38.3 Å². The monoisotopic (exact) mass is 367 g/mol. The molecule has 0 fully saturated rings. The fourth-order valence-electron chi connectivity index (χ4n) is 1.98. The Balaban J connectivity index is 1.95. The summed E-state index contributed by atoms with van der Waals surface area (Å²) in [5, 5.41) is 3.42. The van der Waals surface area contributed by atoms with E-state index in [0.717, 1.165) is 16.8 Å². The summed E-state index contributed by atoms with van der Waals surface area (Å²) in [5.41, 5.74) is 2.98. The molecule has 2 aromatic rings. The van der Waals surface area contributed by atoms with Gasteiger partial charge in [-0.05, 0) is 71.2 Å². The number of carbonyl (C=O) groups is 1. The number of rotatable bonds is 4. The molecule has 1 amide bonds. The minimum Gasteiger partial charge on any atom is -0.483 e. The van der Waals surface area contributed by atoms with Gasteiger partial charge in [0.05, 0.1) is 4.47 Å². The van der Waals surface area contributed by atoms with Crippen molar-refractivity contribution in [2.75, 3.05) is 11.9 Å². The Bertz CT molecular complexity index is 653. The highest BCUT2D eigenvalue weighted by atomic mass is 79.9. The molecule has 0 aromatic heterocycles. The molecule has 0 spiro atoms. The van der Waals surface area contributed by atoms with E-state index < -0.39 is 0 Å². The zero-order valence-corrected chi connectivity index (χ0v) is 14.1. The second kappa shape index (κ2) is 6.96. The molecule has 0 saturated carbocycles. The number of nitrogens with one attached hydrogen (secondary N) is 1. The van der Waals surface area contributed by atoms with E-state index in [1.54, 1.807) is 18.2 Å². The maximum Gasteiger partial charge on any atom is 0.262 e. The van der Waals surface area contributed by atoms with Crippen molar-refractivity contribution in [1.29, 1.82) is 0 Å². The van der Waals surface area contributed by atoms with Crippen LogP contribution in [0.3, 0.4) is 0 Å². The highest BCUT2D eigenvalue weighted by molar-refractivity contribution is 9.10. The van der Waals surface area contributed by atoms with Gasteiger partial charge >= 0.3 is 0 Å². The van der Waals surface area contributed by atoms with E-state index in [1.807, 2.05) is 26.0 Å². The molecule has 3 nitrogen and oxygen atoms in total. The normalized spacial score (nSPS) is 10.3. The van der Waals surface area contributed by atoms with Crippen molar-refractivity contribution in [3.63, 3.8) is 0 Å². The Morgan fingerprint density at radius 2 is 1.86 bits per heavy atom. The molecule has 110 valence electrons. The zero-order chi connectivity index (χ0) is 15.4. The molecule has 1 N–H and O–H groups in total. The van der Waals surface area contributed by atoms with E-state index in [9.17, 15) is 4.79 Å². The average Bonchev–Trinajstić information content (AvgIpc) is 2.36. The molecular weight excluding hydrogens is 354 g/mol. The average molecular weight is 369 g/mol. The highest BCUT2D eigenvalue weighted by Crippen LogP contribution is 2.27. The quantitative estimate of drug-likeness (QED) is 0.846. The first-order valence-electron chi connectivity index (χ1n) is 6.40. The van der Waals surface area contributed by atoms with E-state index in [4.69, 9.17) is 16.3 Å². The van der Waals surface area contributed by atoms with Crippen LogP contribution in [0.25, 0.3) is 0 Å². The molecule has 0 aliphatic carbocycles. The van der Waals surface area contributed by atoms with Gasteiger partial charge in [0.1, 0.15) is 5.75 Å². The number of halogens is 2. The van der Waals surface area contributed by atoms with Crippen LogP contribution in [-0.4, -0.2) is 12.5 Å². The van der Waals surface area contributed by atoms with E-state index in [2.05, 4.69) is 27.3 Å². The first kappa shape index (κ1) is 15.9. The van der Waals surface area contributed by atoms with Gasteiger partial charge in [0.2, 0.25) is 0 Å². The van der Waals surface area contributed by atoms with Crippen LogP contribution in [0.2, 0.25) is 5.02 Å². The van der Waals surface area contributed by atoms with Gasteiger partial charge in [0.15, 0.2) is 6.61 Å². The molecule has 0 heterocycles. The molecule has 0 aliphatic rings. The lowest BCUT2D eigenvalue weighted by Gasteiger charge is -2.10. The van der Waals surface area contributed by atoms with Crippen LogP contribution in [0, 0.1) is 13.8 Å². The Morgan fingerprint density at radius 3 is 2.48 bits per heavy atom. The number of amides is 1. The standard InChI is InChI=1S/C16H15BrClNO2/c1-10-5-11(2)7-13(6-10)19-16(20)9-21-15-4-3-12(18)8-14(15)17/h3-8H,9H2,1-2H3,(H,19,20). The van der Waals surface area contributed by atoms with Crippen molar-refractivity contribution in [2.45, 2.75) is 13.8 Å². The van der Waals surface area contributed by atoms with Gasteiger partial charge in [-0.3, -0.25) is 4.79 Å². The van der Waals surface area contributed by atoms with Gasteiger partial charge < -0.3 is 10.1 Å². The summed E-state index contributed by atoms with van der Waals surface area (Å²) in [6.45, 7) is 3.92. The van der Waals surface area contributed by atoms with Crippen LogP contribution in [0.1, 0.15) is 11.1 Å². The minimum absolute atomic E-state index is 0.0623. The Kier molecular flexibility index (Phi) is 5.26. The molecule has 0 atom stereocenters. The van der Waals surface area contributed by atoms with Crippen LogP contribution in [0.5, 0.6) is 5.75 Å². The first-order chi connectivity index (χ1) is 9.94. The van der Waals surface area contributed by atoms with Crippen LogP contribution in [0.15, 0.2) is 40.9 Å². The fourth-order valence-corrected chi connectivity index (χ4v) is 2.78. The maximum absolute atomic E-state index is 11.9. The van der Waals surface area contributed by atoms with Gasteiger partial charge in [0, 0.05) is 10.7 Å². The van der Waals surface area contributed by atoms with Crippen molar-refractivity contribution in [2.24, 2.45) is 0 Å². The number of carbonyl (C=O) groups excluding carboxylic acids is 1. The number of hydrogen-bond donors (Lipinski definition) is 1. The molecule has 0 radical (unpaired) electrons. The molecular formula is C16H15BrClNO2. The number of ether oxygens (including phenoxy) is 1. The Morgan fingerprint density at radius 1 is 1.19 bits per heavy atom. The van der Waals surface area contributed by atoms with E-state index in [-0.39, 0.29) is 12.5 Å². The minimum atomic E-state index is -0.207. The van der Waals surface area contributed by atoms with E-state index >= 15 is 0 Å². The van der Waals surface area contributed by atoms with Crippen LogP contribution in [0.4, 0.5) is 5.69 Å². The summed E-state index contributed by atoms with van der Waals surface area (Å²) in [6, 6.07) is 11.0. The Labute approximate surface area is 137 Å². The first-order valence-corrected chi connectivity index (χ1v) is 7.57. The third-order valence-corrected chi connectivity index (χ3v) is 3.61. The van der Waals surface area contributed by atoms with Crippen molar-refractivity contribution in [1.82, 2.24) is 0 Å². The van der Waals surface area contributed by atoms with Gasteiger partial charge in [0.25, 0.3) is 5.91 Å². The summed E-state index contributed by atoms with van der Waals surface area (Å²) in [7, 11) is 0. The molecule has 21 heavy (non-hydrogen) atoms. The number of aryl methyl sites for hydroxylation is 2. The summed E-state index contributed by atoms with van der Waals surface area (Å²) in [6.07, 6.45) is 0. The predicted octanol–water partition coefficient (Wildman–Crippen LogP) is 4.74. The van der Waals surface area contributed by atoms with Crippen LogP contribution >= 0.6 is 27.5 Å². The second-order valence-corrected chi connectivity index (χ2v) is 6.08. The third kappa shape index (κ3) is 4.76. The van der Waals surface area contributed by atoms with Crippen molar-refractivity contribution < 1.29 is 9.53 Å². The Hall–Kier alpha value is -1.52. The molecule has 0 bridgehead atoms. The van der Waals surface area contributed by atoms with E-state index in [0.29, 0.717) is 15.2 Å². The van der Waals surface area contributed by atoms with Crippen molar-refractivity contribution >= 4 is 39.1 Å². The van der Waals surface area contributed by atoms with Gasteiger partial charge in [-0.1, -0.05) is 17.7 Å². The molecule has 2 aromatic carbocycles. The highest BCUT2D eigenvalue weighted by Gasteiger charge is 2.07. The lowest BCUT2D eigenvalue weighted by Crippen LogP contribution is -2.20. The predicted molar refractivity (Wildman–Crippen MR) is 89.2 cm³/mol. The lowest BCUT2D eigenvalue weighted by molar-refractivity contribution is -0.118. The summed E-state index contributed by atoms with van der Waals surface area (Å²) in [5.74, 6) is 0.372. The second-order valence-electron chi connectivity index (χ2n) is 4.79. The van der Waals surface area contributed by atoms with Crippen LogP contribution in [-0.2, 0) is 4.79 Å². The third-order valence-electron chi connectivity index (χ3n) is 2.76. The lowest BCUT2D eigenvalue weighted by atomic mass is 10.1. The van der Waals surface area contributed by atoms with Gasteiger partial charge in [-0.2, -0.15) is 0 Å². The SMILES string of the molecule is Cc1cc(C)cc(NC(=O)COc2ccc(Cl)cc2Br)c1. The number of anilines is 1. The van der Waals surface area contributed by atoms with Crippen LogP contribution < -0.4 is 10.1 Å². The smallest absolute Gasteiger partial charge is 0.262 e. The van der Waals surface area contributed by atoms with Gasteiger partial charge in [-0.15, -0.1) is 0 Å². The molecule has 0 unspecified atom stereocenters. The van der Waals surface area contributed by atoms with Crippen molar-refractivity contribution in [3.05, 3.63) is 57.0 Å². The van der Waals surface area contributed by atoms with E-state index in [1.165, 1.54) is 0 Å². The largest absolute Gasteiger partial charge is 0.483 e.